The molecule has 0 saturated carbocycles. The predicted molar refractivity (Wildman–Crippen MR) is 69.2 cm³/mol. The fourth-order valence-corrected chi connectivity index (χ4v) is 1.59. The molecule has 1 aromatic carbocycles. The molecular weight excluding hydrogens is 236 g/mol. The van der Waals surface area contributed by atoms with Crippen LogP contribution in [-0.2, 0) is 6.61 Å². The number of benzene rings is 1. The maximum absolute atomic E-state index is 5.80. The van der Waals surface area contributed by atoms with Crippen LogP contribution in [0, 0.1) is 6.92 Å². The highest BCUT2D eigenvalue weighted by atomic mass is 35.5. The number of rotatable bonds is 3. The van der Waals surface area contributed by atoms with Crippen LogP contribution in [0.25, 0.3) is 0 Å². The average molecular weight is 249 g/mol. The molecule has 0 radical (unpaired) electrons. The number of nitrogens with two attached hydrogens (primary N) is 1. The molecule has 4 heteroatoms. The second-order valence-corrected chi connectivity index (χ2v) is 4.24. The summed E-state index contributed by atoms with van der Waals surface area (Å²) in [5.41, 5.74) is 8.24. The molecule has 0 amide bonds. The number of hydrogen-bond acceptors (Lipinski definition) is 3. The number of aryl methyl sites for hydroxylation is 1. The lowest BCUT2D eigenvalue weighted by Crippen LogP contribution is -2.00. The third kappa shape index (κ3) is 3.11. The second kappa shape index (κ2) is 5.06. The van der Waals surface area contributed by atoms with Crippen molar-refractivity contribution < 1.29 is 4.74 Å². The van der Waals surface area contributed by atoms with Gasteiger partial charge < -0.3 is 10.5 Å². The summed E-state index contributed by atoms with van der Waals surface area (Å²) in [6.45, 7) is 2.38. The number of aromatic nitrogens is 1. The first-order valence-corrected chi connectivity index (χ1v) is 5.62. The van der Waals surface area contributed by atoms with E-state index in [0.717, 1.165) is 16.1 Å². The Kier molecular flexibility index (Phi) is 3.49. The van der Waals surface area contributed by atoms with Gasteiger partial charge in [-0.3, -0.25) is 0 Å². The normalized spacial score (nSPS) is 10.2. The SMILES string of the molecule is Cc1cc(N)cnc1OCc1ccc(Cl)cc1. The number of nitrogen functional groups attached to an aromatic ring is 1. The van der Waals surface area contributed by atoms with Gasteiger partial charge in [-0.1, -0.05) is 23.7 Å². The molecule has 0 fully saturated rings. The molecule has 0 atom stereocenters. The van der Waals surface area contributed by atoms with E-state index in [9.17, 15) is 0 Å². The van der Waals surface area contributed by atoms with Crippen molar-refractivity contribution in [2.75, 3.05) is 5.73 Å². The Balaban J connectivity index is 2.04. The Bertz CT molecular complexity index is 511. The lowest BCUT2D eigenvalue weighted by molar-refractivity contribution is 0.292. The minimum Gasteiger partial charge on any atom is -0.473 e. The Morgan fingerprint density at radius 1 is 1.29 bits per heavy atom. The van der Waals surface area contributed by atoms with Gasteiger partial charge in [-0.15, -0.1) is 0 Å². The fourth-order valence-electron chi connectivity index (χ4n) is 1.47. The predicted octanol–water partition coefficient (Wildman–Crippen LogP) is 3.20. The molecule has 0 aliphatic rings. The molecule has 2 rings (SSSR count). The molecule has 17 heavy (non-hydrogen) atoms. The minimum atomic E-state index is 0.467. The lowest BCUT2D eigenvalue weighted by Gasteiger charge is -2.08. The smallest absolute Gasteiger partial charge is 0.216 e. The van der Waals surface area contributed by atoms with Crippen LogP contribution in [0.4, 0.5) is 5.69 Å². The van der Waals surface area contributed by atoms with E-state index in [4.69, 9.17) is 22.1 Å². The number of pyridine rings is 1. The molecule has 3 nitrogen and oxygen atoms in total. The van der Waals surface area contributed by atoms with Crippen LogP contribution in [0.2, 0.25) is 5.02 Å². The maximum Gasteiger partial charge on any atom is 0.216 e. The van der Waals surface area contributed by atoms with Gasteiger partial charge in [0.25, 0.3) is 0 Å². The molecule has 1 heterocycles. The number of anilines is 1. The monoisotopic (exact) mass is 248 g/mol. The Morgan fingerprint density at radius 2 is 2.00 bits per heavy atom. The summed E-state index contributed by atoms with van der Waals surface area (Å²) in [7, 11) is 0. The molecule has 0 saturated heterocycles. The van der Waals surface area contributed by atoms with Crippen LogP contribution < -0.4 is 10.5 Å². The van der Waals surface area contributed by atoms with Crippen molar-refractivity contribution >= 4 is 17.3 Å². The van der Waals surface area contributed by atoms with Crippen LogP contribution in [-0.4, -0.2) is 4.98 Å². The highest BCUT2D eigenvalue weighted by Crippen LogP contribution is 2.18. The summed E-state index contributed by atoms with van der Waals surface area (Å²) in [4.78, 5) is 4.14. The van der Waals surface area contributed by atoms with E-state index in [1.165, 1.54) is 0 Å². The topological polar surface area (TPSA) is 48.1 Å². The molecule has 88 valence electrons. The van der Waals surface area contributed by atoms with Crippen LogP contribution in [0.15, 0.2) is 36.5 Å². The van der Waals surface area contributed by atoms with E-state index in [-0.39, 0.29) is 0 Å². The summed E-state index contributed by atoms with van der Waals surface area (Å²) >= 11 is 5.80. The van der Waals surface area contributed by atoms with Crippen molar-refractivity contribution in [3.05, 3.63) is 52.7 Å². The molecule has 1 aromatic heterocycles. The van der Waals surface area contributed by atoms with Crippen LogP contribution >= 0.6 is 11.6 Å². The summed E-state index contributed by atoms with van der Waals surface area (Å²) in [5.74, 6) is 0.606. The van der Waals surface area contributed by atoms with Crippen LogP contribution in [0.1, 0.15) is 11.1 Å². The fraction of sp³-hybridized carbons (Fsp3) is 0.154. The molecule has 0 bridgehead atoms. The number of ether oxygens (including phenoxy) is 1. The second-order valence-electron chi connectivity index (χ2n) is 3.81. The standard InChI is InChI=1S/C13H13ClN2O/c1-9-6-12(15)7-16-13(9)17-8-10-2-4-11(14)5-3-10/h2-7H,8,15H2,1H3. The summed E-state index contributed by atoms with van der Waals surface area (Å²) in [5, 5.41) is 0.718. The number of hydrogen-bond donors (Lipinski definition) is 1. The van der Waals surface area contributed by atoms with Gasteiger partial charge in [0.2, 0.25) is 5.88 Å². The summed E-state index contributed by atoms with van der Waals surface area (Å²) < 4.78 is 5.61. The Morgan fingerprint density at radius 3 is 2.65 bits per heavy atom. The van der Waals surface area contributed by atoms with Gasteiger partial charge in [-0.25, -0.2) is 4.98 Å². The van der Waals surface area contributed by atoms with Crippen LogP contribution in [0.3, 0.4) is 0 Å². The zero-order valence-corrected chi connectivity index (χ0v) is 10.2. The summed E-state index contributed by atoms with van der Waals surface area (Å²) in [6.07, 6.45) is 1.59. The lowest BCUT2D eigenvalue weighted by atomic mass is 10.2. The van der Waals surface area contributed by atoms with Crippen molar-refractivity contribution in [2.24, 2.45) is 0 Å². The van der Waals surface area contributed by atoms with Gasteiger partial charge in [-0.2, -0.15) is 0 Å². The third-order valence-electron chi connectivity index (χ3n) is 2.34. The molecule has 2 aromatic rings. The van der Waals surface area contributed by atoms with E-state index < -0.39 is 0 Å². The van der Waals surface area contributed by atoms with E-state index in [2.05, 4.69) is 4.98 Å². The van der Waals surface area contributed by atoms with Gasteiger partial charge in [0, 0.05) is 10.6 Å². The highest BCUT2D eigenvalue weighted by molar-refractivity contribution is 6.30. The zero-order valence-electron chi connectivity index (χ0n) is 9.48. The van der Waals surface area contributed by atoms with Gasteiger partial charge >= 0.3 is 0 Å². The van der Waals surface area contributed by atoms with Crippen molar-refractivity contribution in [1.29, 1.82) is 0 Å². The van der Waals surface area contributed by atoms with E-state index in [0.29, 0.717) is 18.2 Å². The largest absolute Gasteiger partial charge is 0.473 e. The molecule has 0 aliphatic carbocycles. The first kappa shape index (κ1) is 11.7. The average Bonchev–Trinajstić information content (AvgIpc) is 2.30. The third-order valence-corrected chi connectivity index (χ3v) is 2.59. The van der Waals surface area contributed by atoms with Gasteiger partial charge in [-0.05, 0) is 30.7 Å². The molecule has 0 spiro atoms. The van der Waals surface area contributed by atoms with Gasteiger partial charge in [0.1, 0.15) is 6.61 Å². The molecular formula is C13H13ClN2O. The Hall–Kier alpha value is -1.74. The van der Waals surface area contributed by atoms with Crippen molar-refractivity contribution in [3.63, 3.8) is 0 Å². The van der Waals surface area contributed by atoms with Crippen LogP contribution in [0.5, 0.6) is 5.88 Å². The molecule has 2 N–H and O–H groups in total. The molecule has 0 unspecified atom stereocenters. The number of nitrogens with zero attached hydrogens (tertiary/aromatic N) is 1. The van der Waals surface area contributed by atoms with Crippen molar-refractivity contribution in [3.8, 4) is 5.88 Å². The van der Waals surface area contributed by atoms with Gasteiger partial charge in [0.15, 0.2) is 0 Å². The minimum absolute atomic E-state index is 0.467. The first-order chi connectivity index (χ1) is 8.15. The van der Waals surface area contributed by atoms with E-state index >= 15 is 0 Å². The number of halogens is 1. The van der Waals surface area contributed by atoms with E-state index in [1.807, 2.05) is 37.3 Å². The maximum atomic E-state index is 5.80. The van der Waals surface area contributed by atoms with Crippen molar-refractivity contribution in [1.82, 2.24) is 4.98 Å². The zero-order chi connectivity index (χ0) is 12.3. The molecule has 0 aliphatic heterocycles. The van der Waals surface area contributed by atoms with Crippen molar-refractivity contribution in [2.45, 2.75) is 13.5 Å². The first-order valence-electron chi connectivity index (χ1n) is 5.24. The Labute approximate surface area is 105 Å². The van der Waals surface area contributed by atoms with E-state index in [1.54, 1.807) is 6.20 Å². The summed E-state index contributed by atoms with van der Waals surface area (Å²) in [6, 6.07) is 9.36. The van der Waals surface area contributed by atoms with Gasteiger partial charge in [0.05, 0.1) is 11.9 Å². The quantitative estimate of drug-likeness (QED) is 0.907. The highest BCUT2D eigenvalue weighted by Gasteiger charge is 2.02.